The molecule has 2 aromatic rings. The predicted octanol–water partition coefficient (Wildman–Crippen LogP) is 7.48. The number of carboxylic acid groups (broad SMARTS) is 1. The van der Waals surface area contributed by atoms with Crippen molar-refractivity contribution in [1.29, 1.82) is 0 Å². The van der Waals surface area contributed by atoms with Gasteiger partial charge in [0.05, 0.1) is 11.5 Å². The van der Waals surface area contributed by atoms with Gasteiger partial charge in [-0.2, -0.15) is 0 Å². The van der Waals surface area contributed by atoms with Gasteiger partial charge >= 0.3 is 5.97 Å². The third kappa shape index (κ3) is 4.96. The van der Waals surface area contributed by atoms with Gasteiger partial charge in [-0.05, 0) is 110 Å². The molecule has 0 aliphatic heterocycles. The number of benzene rings is 2. The topological polar surface area (TPSA) is 58.6 Å². The molecular formula is C31H43NO3. The van der Waals surface area contributed by atoms with E-state index in [2.05, 4.69) is 62.5 Å². The van der Waals surface area contributed by atoms with Crippen molar-refractivity contribution in [3.05, 3.63) is 42.0 Å². The van der Waals surface area contributed by atoms with Gasteiger partial charge in [-0.15, -0.1) is 0 Å². The lowest BCUT2D eigenvalue weighted by Crippen LogP contribution is -2.56. The van der Waals surface area contributed by atoms with E-state index in [1.54, 1.807) is 0 Å². The number of aliphatic carboxylic acids is 1. The lowest BCUT2D eigenvalue weighted by molar-refractivity contribution is -0.156. The SMILES string of the molecule is CCC(C)(C)[C@H]1CC[C@H](Oc2ccc3cc(CNC45CCC(C(=O)O)(CC4)CC5)ccc3c2)CC1. The van der Waals surface area contributed by atoms with Crippen LogP contribution in [0.5, 0.6) is 5.75 Å². The molecule has 190 valence electrons. The normalized spacial score (nSPS) is 30.9. The van der Waals surface area contributed by atoms with E-state index in [1.807, 2.05) is 0 Å². The average molecular weight is 478 g/mol. The Morgan fingerprint density at radius 3 is 2.23 bits per heavy atom. The molecule has 0 amide bonds. The van der Waals surface area contributed by atoms with Crippen molar-refractivity contribution < 1.29 is 14.6 Å². The van der Waals surface area contributed by atoms with Crippen molar-refractivity contribution >= 4 is 16.7 Å². The maximum Gasteiger partial charge on any atom is 0.309 e. The van der Waals surface area contributed by atoms with Gasteiger partial charge in [-0.25, -0.2) is 0 Å². The van der Waals surface area contributed by atoms with Crippen LogP contribution >= 0.6 is 0 Å². The number of rotatable bonds is 8. The third-order valence-corrected chi connectivity index (χ3v) is 10.2. The van der Waals surface area contributed by atoms with Crippen LogP contribution in [0, 0.1) is 16.7 Å². The highest BCUT2D eigenvalue weighted by atomic mass is 16.5. The third-order valence-electron chi connectivity index (χ3n) is 10.2. The van der Waals surface area contributed by atoms with Crippen LogP contribution in [0.25, 0.3) is 10.8 Å². The van der Waals surface area contributed by atoms with Crippen LogP contribution in [0.1, 0.15) is 97.0 Å². The zero-order valence-electron chi connectivity index (χ0n) is 21.9. The first-order valence-corrected chi connectivity index (χ1v) is 13.9. The highest BCUT2D eigenvalue weighted by Crippen LogP contribution is 2.52. The van der Waals surface area contributed by atoms with E-state index in [9.17, 15) is 9.90 Å². The Bertz CT molecular complexity index is 1040. The number of ether oxygens (including phenoxy) is 1. The second-order valence-corrected chi connectivity index (χ2v) is 12.5. The summed E-state index contributed by atoms with van der Waals surface area (Å²) in [5.41, 5.74) is 1.40. The molecule has 0 saturated heterocycles. The highest BCUT2D eigenvalue weighted by Gasteiger charge is 2.52. The van der Waals surface area contributed by atoms with Crippen molar-refractivity contribution in [3.63, 3.8) is 0 Å². The molecule has 4 aliphatic rings. The minimum atomic E-state index is -0.586. The summed E-state index contributed by atoms with van der Waals surface area (Å²) in [5, 5.41) is 15.9. The molecule has 0 radical (unpaired) electrons. The second kappa shape index (κ2) is 9.42. The van der Waals surface area contributed by atoms with Crippen molar-refractivity contribution in [2.75, 3.05) is 0 Å². The summed E-state index contributed by atoms with van der Waals surface area (Å²) in [6.45, 7) is 7.99. The van der Waals surface area contributed by atoms with E-state index < -0.39 is 11.4 Å². The summed E-state index contributed by atoms with van der Waals surface area (Å²) in [4.78, 5) is 11.7. The Morgan fingerprint density at radius 2 is 1.60 bits per heavy atom. The van der Waals surface area contributed by atoms with Crippen LogP contribution in [0.2, 0.25) is 0 Å². The van der Waals surface area contributed by atoms with Crippen molar-refractivity contribution in [2.45, 2.75) is 110 Å². The first-order valence-electron chi connectivity index (χ1n) is 13.9. The van der Waals surface area contributed by atoms with Gasteiger partial charge < -0.3 is 15.2 Å². The van der Waals surface area contributed by atoms with E-state index in [0.29, 0.717) is 11.5 Å². The fraction of sp³-hybridized carbons (Fsp3) is 0.645. The average Bonchev–Trinajstić information content (AvgIpc) is 2.89. The molecule has 4 saturated carbocycles. The van der Waals surface area contributed by atoms with Gasteiger partial charge in [0.2, 0.25) is 0 Å². The zero-order valence-corrected chi connectivity index (χ0v) is 21.9. The monoisotopic (exact) mass is 477 g/mol. The van der Waals surface area contributed by atoms with Crippen LogP contribution in [0.3, 0.4) is 0 Å². The molecule has 6 rings (SSSR count). The molecule has 0 aromatic heterocycles. The predicted molar refractivity (Wildman–Crippen MR) is 142 cm³/mol. The summed E-state index contributed by atoms with van der Waals surface area (Å²) in [6.07, 6.45) is 11.8. The molecule has 4 aliphatic carbocycles. The Hall–Kier alpha value is -2.07. The fourth-order valence-corrected chi connectivity index (χ4v) is 6.96. The Morgan fingerprint density at radius 1 is 0.971 bits per heavy atom. The van der Waals surface area contributed by atoms with Crippen molar-refractivity contribution in [2.24, 2.45) is 16.7 Å². The highest BCUT2D eigenvalue weighted by molar-refractivity contribution is 5.84. The van der Waals surface area contributed by atoms with E-state index in [4.69, 9.17) is 4.74 Å². The molecule has 0 atom stereocenters. The molecule has 2 N–H and O–H groups in total. The molecule has 4 nitrogen and oxygen atoms in total. The number of fused-ring (bicyclic) bond motifs is 4. The van der Waals surface area contributed by atoms with E-state index >= 15 is 0 Å². The molecule has 0 spiro atoms. The van der Waals surface area contributed by atoms with Gasteiger partial charge in [-0.3, -0.25) is 4.79 Å². The first-order chi connectivity index (χ1) is 16.7. The summed E-state index contributed by atoms with van der Waals surface area (Å²) in [7, 11) is 0. The quantitative estimate of drug-likeness (QED) is 0.414. The van der Waals surface area contributed by atoms with Gasteiger partial charge in [0, 0.05) is 12.1 Å². The van der Waals surface area contributed by atoms with Crippen molar-refractivity contribution in [3.8, 4) is 5.75 Å². The molecule has 4 heteroatoms. The van der Waals surface area contributed by atoms with Crippen LogP contribution < -0.4 is 10.1 Å². The molecule has 2 bridgehead atoms. The summed E-state index contributed by atoms with van der Waals surface area (Å²) >= 11 is 0. The molecular weight excluding hydrogens is 434 g/mol. The van der Waals surface area contributed by atoms with Gasteiger partial charge in [0.1, 0.15) is 5.75 Å². The lowest BCUT2D eigenvalue weighted by atomic mass is 9.57. The number of carbonyl (C=O) groups is 1. The smallest absolute Gasteiger partial charge is 0.309 e. The summed E-state index contributed by atoms with van der Waals surface area (Å²) in [6, 6.07) is 13.2. The molecule has 35 heavy (non-hydrogen) atoms. The molecule has 0 heterocycles. The standard InChI is InChI=1S/C31H43NO3/c1-4-29(2,3)25-8-11-26(12-9-25)35-27-10-7-23-19-22(5-6-24(23)20-27)21-32-31-16-13-30(14-17-31,15-18-31)28(33)34/h5-7,10,19-20,25-26,32H,4,8-9,11-18,21H2,1-3H3,(H,33,34)/t25-,26-,30?,31?. The van der Waals surface area contributed by atoms with Crippen LogP contribution in [0.15, 0.2) is 36.4 Å². The van der Waals surface area contributed by atoms with Crippen LogP contribution in [-0.4, -0.2) is 22.7 Å². The summed E-state index contributed by atoms with van der Waals surface area (Å²) in [5.74, 6) is 1.22. The minimum absolute atomic E-state index is 0.120. The maximum absolute atomic E-state index is 11.7. The van der Waals surface area contributed by atoms with Crippen LogP contribution in [-0.2, 0) is 11.3 Å². The maximum atomic E-state index is 11.7. The van der Waals surface area contributed by atoms with Crippen LogP contribution in [0.4, 0.5) is 0 Å². The summed E-state index contributed by atoms with van der Waals surface area (Å²) < 4.78 is 6.42. The number of carboxylic acids is 1. The van der Waals surface area contributed by atoms with E-state index in [-0.39, 0.29) is 5.54 Å². The number of nitrogens with one attached hydrogen (secondary N) is 1. The Kier molecular flexibility index (Phi) is 6.63. The van der Waals surface area contributed by atoms with E-state index in [1.165, 1.54) is 35.6 Å². The van der Waals surface area contributed by atoms with E-state index in [0.717, 1.165) is 69.6 Å². The van der Waals surface area contributed by atoms with Gasteiger partial charge in [0.15, 0.2) is 0 Å². The Balaban J connectivity index is 1.17. The van der Waals surface area contributed by atoms with Gasteiger partial charge in [-0.1, -0.05) is 45.4 Å². The first kappa shape index (κ1) is 24.6. The second-order valence-electron chi connectivity index (χ2n) is 12.5. The fourth-order valence-electron chi connectivity index (χ4n) is 6.96. The minimum Gasteiger partial charge on any atom is -0.490 e. The number of hydrogen-bond acceptors (Lipinski definition) is 3. The largest absolute Gasteiger partial charge is 0.490 e. The van der Waals surface area contributed by atoms with Crippen molar-refractivity contribution in [1.82, 2.24) is 5.32 Å². The lowest BCUT2D eigenvalue weighted by Gasteiger charge is -2.51. The molecule has 0 unspecified atom stereocenters. The zero-order chi connectivity index (χ0) is 24.7. The molecule has 2 aromatic carbocycles. The van der Waals surface area contributed by atoms with Gasteiger partial charge in [0.25, 0.3) is 0 Å². The molecule has 4 fully saturated rings. The number of hydrogen-bond donors (Lipinski definition) is 2. The Labute approximate surface area is 210 Å².